The van der Waals surface area contributed by atoms with Crippen LogP contribution in [0.3, 0.4) is 0 Å². The number of hydrogen-bond donors (Lipinski definition) is 0. The number of hydrogen-bond acceptors (Lipinski definition) is 10. The Morgan fingerprint density at radius 1 is 0.814 bits per heavy atom. The molecular weight excluding hydrogens is 572 g/mol. The van der Waals surface area contributed by atoms with Crippen molar-refractivity contribution < 1.29 is 36.3 Å². The van der Waals surface area contributed by atoms with Gasteiger partial charge in [-0.25, -0.2) is 9.97 Å². The highest BCUT2D eigenvalue weighted by Crippen LogP contribution is 2.27. The minimum atomic E-state index is -3.87. The van der Waals surface area contributed by atoms with Gasteiger partial charge in [-0.1, -0.05) is 18.2 Å². The molecule has 4 rings (SSSR count). The highest BCUT2D eigenvalue weighted by Gasteiger charge is 2.20. The fourth-order valence-electron chi connectivity index (χ4n) is 4.03. The Hall–Kier alpha value is -4.03. The van der Waals surface area contributed by atoms with Gasteiger partial charge in [0.15, 0.2) is 0 Å². The van der Waals surface area contributed by atoms with Crippen LogP contribution in [0.5, 0.6) is 17.4 Å². The van der Waals surface area contributed by atoms with Crippen molar-refractivity contribution in [2.75, 3.05) is 53.4 Å². The molecule has 0 radical (unpaired) electrons. The Bertz CT molecular complexity index is 1630. The summed E-state index contributed by atoms with van der Waals surface area (Å²) in [6, 6.07) is 18.4. The van der Waals surface area contributed by atoms with Gasteiger partial charge in [-0.15, -0.1) is 0 Å². The van der Waals surface area contributed by atoms with Crippen LogP contribution in [0.15, 0.2) is 71.8 Å². The quantitative estimate of drug-likeness (QED) is 0.115. The van der Waals surface area contributed by atoms with Gasteiger partial charge in [0.2, 0.25) is 5.88 Å². The maximum absolute atomic E-state index is 12.3. The molecule has 0 aliphatic heterocycles. The molecule has 0 aliphatic carbocycles. The van der Waals surface area contributed by atoms with Gasteiger partial charge in [-0.3, -0.25) is 4.18 Å². The number of ether oxygens (including phenoxy) is 5. The first kappa shape index (κ1) is 31.9. The summed E-state index contributed by atoms with van der Waals surface area (Å²) in [7, 11) is -2.28. The zero-order valence-electron chi connectivity index (χ0n) is 24.5. The maximum Gasteiger partial charge on any atom is 0.300 e. The summed E-state index contributed by atoms with van der Waals surface area (Å²) in [4.78, 5) is 8.82. The number of methoxy groups -OCH3 is 1. The van der Waals surface area contributed by atoms with Crippen molar-refractivity contribution >= 4 is 33.2 Å². The van der Waals surface area contributed by atoms with Gasteiger partial charge in [-0.2, -0.15) is 8.42 Å². The first-order valence-electron chi connectivity index (χ1n) is 13.9. The van der Waals surface area contributed by atoms with Crippen molar-refractivity contribution in [1.82, 2.24) is 9.97 Å². The second-order valence-electron chi connectivity index (χ2n) is 9.29. The predicted molar refractivity (Wildman–Crippen MR) is 164 cm³/mol. The first-order chi connectivity index (χ1) is 20.9. The third kappa shape index (κ3) is 9.75. The lowest BCUT2D eigenvalue weighted by molar-refractivity contribution is 0.0271. The van der Waals surface area contributed by atoms with E-state index in [4.69, 9.17) is 32.9 Å². The van der Waals surface area contributed by atoms with Crippen LogP contribution in [0.1, 0.15) is 23.7 Å². The van der Waals surface area contributed by atoms with Crippen molar-refractivity contribution in [3.63, 3.8) is 0 Å². The SMILES string of the molecule is CCOS(=O)(=O)c1ccc(C)cc1OCCOCCOCCOc1ccc2nc(/C=C/c3ccnc(OC)c3)ccc2c1. The summed E-state index contributed by atoms with van der Waals surface area (Å²) < 4.78 is 57.3. The third-order valence-corrected chi connectivity index (χ3v) is 7.51. The van der Waals surface area contributed by atoms with E-state index < -0.39 is 10.1 Å². The molecule has 10 nitrogen and oxygen atoms in total. The summed E-state index contributed by atoms with van der Waals surface area (Å²) in [6.45, 7) is 5.55. The number of nitrogens with zero attached hydrogens (tertiary/aromatic N) is 2. The molecule has 0 amide bonds. The molecule has 43 heavy (non-hydrogen) atoms. The van der Waals surface area contributed by atoms with E-state index in [0.29, 0.717) is 32.3 Å². The van der Waals surface area contributed by atoms with Crippen LogP contribution in [0.2, 0.25) is 0 Å². The average Bonchev–Trinajstić information content (AvgIpc) is 3.00. The summed E-state index contributed by atoms with van der Waals surface area (Å²) in [5, 5.41) is 0.977. The van der Waals surface area contributed by atoms with Gasteiger partial charge in [0.05, 0.1) is 51.4 Å². The van der Waals surface area contributed by atoms with E-state index in [9.17, 15) is 8.42 Å². The fraction of sp³-hybridized carbons (Fsp3) is 0.312. The second-order valence-corrected chi connectivity index (χ2v) is 10.9. The standard InChI is InChI=1S/C32H36N2O8S/c1-4-42-43(35,36)31-12-5-24(2)21-30(31)41-20-18-39-16-15-38-17-19-40-28-10-11-29-26(23-28)7-9-27(34-29)8-6-25-13-14-33-32(22-25)37-3/h5-14,21-23H,4,15-20H2,1-3H3/b8-6+. The average molecular weight is 609 g/mol. The van der Waals surface area contributed by atoms with Crippen LogP contribution < -0.4 is 14.2 Å². The smallest absolute Gasteiger partial charge is 0.300 e. The molecule has 2 heterocycles. The fourth-order valence-corrected chi connectivity index (χ4v) is 5.06. The van der Waals surface area contributed by atoms with Gasteiger partial charge in [0.25, 0.3) is 0 Å². The van der Waals surface area contributed by atoms with Crippen molar-refractivity contribution in [3.8, 4) is 17.4 Å². The highest BCUT2D eigenvalue weighted by atomic mass is 32.2. The number of aryl methyl sites for hydroxylation is 1. The second kappa shape index (κ2) is 16.0. The normalized spacial score (nSPS) is 11.7. The maximum atomic E-state index is 12.3. The van der Waals surface area contributed by atoms with Crippen LogP contribution in [0.25, 0.3) is 23.1 Å². The molecule has 0 fully saturated rings. The zero-order chi connectivity index (χ0) is 30.5. The van der Waals surface area contributed by atoms with Gasteiger partial charge in [0.1, 0.15) is 29.6 Å². The van der Waals surface area contributed by atoms with Crippen LogP contribution in [0.4, 0.5) is 0 Å². The van der Waals surface area contributed by atoms with E-state index >= 15 is 0 Å². The van der Waals surface area contributed by atoms with Crippen LogP contribution >= 0.6 is 0 Å². The van der Waals surface area contributed by atoms with E-state index in [2.05, 4.69) is 4.98 Å². The molecule has 228 valence electrons. The molecule has 0 atom stereocenters. The van der Waals surface area contributed by atoms with E-state index in [-0.39, 0.29) is 30.5 Å². The summed E-state index contributed by atoms with van der Waals surface area (Å²) in [6.07, 6.45) is 5.62. The number of pyridine rings is 2. The monoisotopic (exact) mass is 608 g/mol. The van der Waals surface area contributed by atoms with E-state index in [0.717, 1.165) is 33.5 Å². The van der Waals surface area contributed by atoms with E-state index in [1.165, 1.54) is 6.07 Å². The summed E-state index contributed by atoms with van der Waals surface area (Å²) >= 11 is 0. The van der Waals surface area contributed by atoms with E-state index in [1.54, 1.807) is 32.4 Å². The Kier molecular flexibility index (Phi) is 11.9. The topological polar surface area (TPSA) is 115 Å². The Morgan fingerprint density at radius 3 is 2.35 bits per heavy atom. The Morgan fingerprint density at radius 2 is 1.58 bits per heavy atom. The number of benzene rings is 2. The zero-order valence-corrected chi connectivity index (χ0v) is 25.3. The number of rotatable bonds is 17. The number of fused-ring (bicyclic) bond motifs is 1. The molecule has 4 aromatic rings. The van der Waals surface area contributed by atoms with Crippen LogP contribution in [-0.2, 0) is 23.8 Å². The molecule has 0 unspecified atom stereocenters. The van der Waals surface area contributed by atoms with Gasteiger partial charge in [0, 0.05) is 17.6 Å². The minimum absolute atomic E-state index is 0.00601. The lowest BCUT2D eigenvalue weighted by atomic mass is 10.1. The van der Waals surface area contributed by atoms with Crippen molar-refractivity contribution in [1.29, 1.82) is 0 Å². The number of aromatic nitrogens is 2. The molecule has 0 spiro atoms. The lowest BCUT2D eigenvalue weighted by Gasteiger charge is -2.13. The molecular formula is C32H36N2O8S. The third-order valence-electron chi connectivity index (χ3n) is 6.09. The molecule has 0 saturated carbocycles. The highest BCUT2D eigenvalue weighted by molar-refractivity contribution is 7.86. The Labute approximate surface area is 252 Å². The van der Waals surface area contributed by atoms with E-state index in [1.807, 2.05) is 61.5 Å². The van der Waals surface area contributed by atoms with Gasteiger partial charge < -0.3 is 23.7 Å². The predicted octanol–water partition coefficient (Wildman–Crippen LogP) is 5.33. The molecule has 2 aromatic heterocycles. The summed E-state index contributed by atoms with van der Waals surface area (Å²) in [5.74, 6) is 1.55. The molecule has 0 saturated heterocycles. The van der Waals surface area contributed by atoms with Crippen molar-refractivity contribution in [3.05, 3.63) is 83.7 Å². The molecule has 11 heteroatoms. The van der Waals surface area contributed by atoms with Crippen LogP contribution in [-0.4, -0.2) is 71.7 Å². The van der Waals surface area contributed by atoms with Gasteiger partial charge in [-0.05, 0) is 73.5 Å². The molecule has 0 N–H and O–H groups in total. The van der Waals surface area contributed by atoms with Gasteiger partial charge >= 0.3 is 10.1 Å². The van der Waals surface area contributed by atoms with Crippen LogP contribution in [0, 0.1) is 6.92 Å². The van der Waals surface area contributed by atoms with Crippen molar-refractivity contribution in [2.45, 2.75) is 18.7 Å². The molecule has 0 aliphatic rings. The Balaban J connectivity index is 1.13. The molecule has 2 aromatic carbocycles. The minimum Gasteiger partial charge on any atom is -0.491 e. The first-order valence-corrected chi connectivity index (χ1v) is 15.3. The lowest BCUT2D eigenvalue weighted by Crippen LogP contribution is -2.14. The summed E-state index contributed by atoms with van der Waals surface area (Å²) in [5.41, 5.74) is 3.57. The largest absolute Gasteiger partial charge is 0.491 e. The molecule has 0 bridgehead atoms. The van der Waals surface area contributed by atoms with Crippen molar-refractivity contribution in [2.24, 2.45) is 0 Å².